The molecule has 3 aromatic heterocycles. The molecule has 3 aromatic rings. The third-order valence-corrected chi connectivity index (χ3v) is 7.98. The van der Waals surface area contributed by atoms with Gasteiger partial charge in [-0.05, 0) is 20.8 Å². The summed E-state index contributed by atoms with van der Waals surface area (Å²) in [5, 5.41) is 0. The van der Waals surface area contributed by atoms with Gasteiger partial charge in [0, 0.05) is 6.54 Å². The van der Waals surface area contributed by atoms with Gasteiger partial charge in [0.25, 0.3) is 0 Å². The van der Waals surface area contributed by atoms with E-state index in [9.17, 15) is 9.59 Å². The fourth-order valence-corrected chi connectivity index (χ4v) is 7.72. The molecule has 0 atom stereocenters. The number of rotatable bonds is 3. The van der Waals surface area contributed by atoms with E-state index in [1.165, 1.54) is 20.7 Å². The third kappa shape index (κ3) is 3.41. The van der Waals surface area contributed by atoms with Crippen LogP contribution in [0.2, 0.25) is 0 Å². The minimum atomic E-state index is -0.593. The number of carbonyl (C=O) groups excluding carboxylic acids is 2. The molecule has 0 saturated heterocycles. The van der Waals surface area contributed by atoms with Gasteiger partial charge in [-0.15, -0.1) is 0 Å². The Balaban J connectivity index is 2.27. The molecule has 3 rings (SSSR count). The normalized spacial score (nSPS) is 13.1. The van der Waals surface area contributed by atoms with E-state index in [1.807, 2.05) is 11.5 Å². The first kappa shape index (κ1) is 18.2. The van der Waals surface area contributed by atoms with Gasteiger partial charge in [0.05, 0.1) is 33.6 Å². The average molecular weight is 418 g/mol. The summed E-state index contributed by atoms with van der Waals surface area (Å²) in [4.78, 5) is 31.6. The number of hydrogen-bond acceptors (Lipinski definition) is 8. The van der Waals surface area contributed by atoms with Gasteiger partial charge in [0.1, 0.15) is 0 Å². The highest BCUT2D eigenvalue weighted by molar-refractivity contribution is 7.75. The van der Waals surface area contributed by atoms with E-state index in [-0.39, 0.29) is 13.2 Å². The molecular weight excluding hydrogens is 402 g/mol. The highest BCUT2D eigenvalue weighted by Gasteiger charge is 2.19. The zero-order chi connectivity index (χ0) is 18.0. The van der Waals surface area contributed by atoms with Crippen molar-refractivity contribution in [3.63, 3.8) is 0 Å². The lowest BCUT2D eigenvalue weighted by atomic mass is 10.5. The summed E-state index contributed by atoms with van der Waals surface area (Å²) < 4.78 is 15.2. The van der Waals surface area contributed by atoms with Crippen LogP contribution in [0.5, 0.6) is 0 Å². The molecule has 25 heavy (non-hydrogen) atoms. The van der Waals surface area contributed by atoms with Crippen LogP contribution in [0.25, 0.3) is 20.4 Å². The molecule has 134 valence electrons. The van der Waals surface area contributed by atoms with Crippen molar-refractivity contribution in [2.45, 2.75) is 27.3 Å². The Kier molecular flexibility index (Phi) is 5.67. The molecule has 2 amide bonds. The summed E-state index contributed by atoms with van der Waals surface area (Å²) in [5.41, 5.74) is 1.78. The van der Waals surface area contributed by atoms with Crippen LogP contribution < -0.4 is 9.34 Å². The minimum Gasteiger partial charge on any atom is -0.448 e. The van der Waals surface area contributed by atoms with Crippen molar-refractivity contribution in [1.29, 1.82) is 0 Å². The van der Waals surface area contributed by atoms with Crippen LogP contribution in [0.1, 0.15) is 20.8 Å². The maximum absolute atomic E-state index is 11.7. The van der Waals surface area contributed by atoms with Gasteiger partial charge in [-0.3, -0.25) is 0 Å². The lowest BCUT2D eigenvalue weighted by molar-refractivity contribution is 0.162. The molecule has 0 N–H and O–H groups in total. The maximum Gasteiger partial charge on any atom is 0.435 e. The van der Waals surface area contributed by atoms with Crippen LogP contribution >= 0.6 is 41.4 Å². The largest absolute Gasteiger partial charge is 0.448 e. The molecule has 0 aromatic carbocycles. The molecule has 0 bridgehead atoms. The molecule has 0 spiro atoms. The molecule has 0 aliphatic heterocycles. The standard InChI is InChI=1S/C14H15N3O4S4/c1-4-17-7-9(22-24-11(7)15-13(18)20-5-2)10-8(17)12(25-23-10)16-14(19)21-6-3/h4-6H2,1-3H3/b15-11-,16-12-. The van der Waals surface area contributed by atoms with Gasteiger partial charge < -0.3 is 14.0 Å². The van der Waals surface area contributed by atoms with Gasteiger partial charge in [-0.2, -0.15) is 9.98 Å². The predicted molar refractivity (Wildman–Crippen MR) is 102 cm³/mol. The van der Waals surface area contributed by atoms with Gasteiger partial charge in [-0.1, -0.05) is 41.4 Å². The number of hydrogen-bond donors (Lipinski definition) is 0. The van der Waals surface area contributed by atoms with Crippen LogP contribution in [-0.2, 0) is 16.0 Å². The van der Waals surface area contributed by atoms with Gasteiger partial charge >= 0.3 is 12.2 Å². The Hall–Kier alpha value is -1.56. The molecule has 0 saturated carbocycles. The van der Waals surface area contributed by atoms with Gasteiger partial charge in [0.2, 0.25) is 0 Å². The maximum atomic E-state index is 11.7. The van der Waals surface area contributed by atoms with E-state index >= 15 is 0 Å². The van der Waals surface area contributed by atoms with Gasteiger partial charge in [0.15, 0.2) is 9.34 Å². The predicted octanol–water partition coefficient (Wildman–Crippen LogP) is 4.17. The summed E-state index contributed by atoms with van der Waals surface area (Å²) in [6.45, 7) is 6.74. The first-order chi connectivity index (χ1) is 12.1. The molecule has 3 heterocycles. The Morgan fingerprint density at radius 1 is 0.840 bits per heavy atom. The molecule has 0 unspecified atom stereocenters. The first-order valence-corrected chi connectivity index (χ1v) is 11.9. The van der Waals surface area contributed by atoms with E-state index in [4.69, 9.17) is 9.47 Å². The highest BCUT2D eigenvalue weighted by Crippen LogP contribution is 2.35. The van der Waals surface area contributed by atoms with Crippen LogP contribution in [-0.4, -0.2) is 30.0 Å². The number of carbonyl (C=O) groups is 2. The lowest BCUT2D eigenvalue weighted by Crippen LogP contribution is -2.11. The van der Waals surface area contributed by atoms with Crippen molar-refractivity contribution in [1.82, 2.24) is 4.57 Å². The van der Waals surface area contributed by atoms with Gasteiger partial charge in [-0.25, -0.2) is 9.59 Å². The van der Waals surface area contributed by atoms with Crippen molar-refractivity contribution in [3.8, 4) is 0 Å². The third-order valence-electron chi connectivity index (χ3n) is 3.23. The summed E-state index contributed by atoms with van der Waals surface area (Å²) in [7, 11) is 6.00. The van der Waals surface area contributed by atoms with Crippen molar-refractivity contribution in [2.24, 2.45) is 9.98 Å². The molecule has 11 heteroatoms. The quantitative estimate of drug-likeness (QED) is 0.599. The molecule has 7 nitrogen and oxygen atoms in total. The Bertz CT molecular complexity index is 984. The lowest BCUT2D eigenvalue weighted by Gasteiger charge is -2.00. The van der Waals surface area contributed by atoms with E-state index < -0.39 is 12.2 Å². The van der Waals surface area contributed by atoms with Crippen LogP contribution in [0.15, 0.2) is 9.98 Å². The Morgan fingerprint density at radius 2 is 1.28 bits per heavy atom. The Labute approximate surface area is 157 Å². The second-order valence-corrected chi connectivity index (χ2v) is 8.92. The zero-order valence-electron chi connectivity index (χ0n) is 13.7. The summed E-state index contributed by atoms with van der Waals surface area (Å²) in [6, 6.07) is 0. The SMILES string of the molecule is CCOC(=O)/N=c1\ssc2c3ss/c(=N\C(=O)OCC)c3n(CC)c12. The number of nitrogens with zero attached hydrogens (tertiary/aromatic N) is 3. The van der Waals surface area contributed by atoms with E-state index in [0.29, 0.717) is 15.9 Å². The van der Waals surface area contributed by atoms with Crippen LogP contribution in [0.4, 0.5) is 9.59 Å². The van der Waals surface area contributed by atoms with Crippen LogP contribution in [0.3, 0.4) is 0 Å². The van der Waals surface area contributed by atoms with Crippen LogP contribution in [0, 0.1) is 0 Å². The fraction of sp³-hybridized carbons (Fsp3) is 0.429. The number of ether oxygens (including phenoxy) is 2. The topological polar surface area (TPSA) is 82.2 Å². The monoisotopic (exact) mass is 417 g/mol. The number of amides is 2. The summed E-state index contributed by atoms with van der Waals surface area (Å²) in [5.74, 6) is 0. The molecule has 0 aliphatic carbocycles. The second-order valence-electron chi connectivity index (χ2n) is 4.66. The number of aromatic nitrogens is 1. The van der Waals surface area contributed by atoms with E-state index in [2.05, 4.69) is 9.98 Å². The van der Waals surface area contributed by atoms with E-state index in [0.717, 1.165) is 20.4 Å². The Morgan fingerprint density at radius 3 is 1.64 bits per heavy atom. The smallest absolute Gasteiger partial charge is 0.435 e. The summed E-state index contributed by atoms with van der Waals surface area (Å²) in [6.07, 6.45) is -1.19. The number of fused-ring (bicyclic) bond motifs is 3. The average Bonchev–Trinajstić information content (AvgIpc) is 3.22. The molecular formula is C14H15N3O4S4. The number of aryl methyl sites for hydroxylation is 1. The summed E-state index contributed by atoms with van der Waals surface area (Å²) >= 11 is 0. The highest BCUT2D eigenvalue weighted by atomic mass is 32.9. The van der Waals surface area contributed by atoms with E-state index in [1.54, 1.807) is 34.5 Å². The van der Waals surface area contributed by atoms with Crippen molar-refractivity contribution in [3.05, 3.63) is 9.34 Å². The zero-order valence-corrected chi connectivity index (χ0v) is 17.0. The van der Waals surface area contributed by atoms with Crippen molar-refractivity contribution >= 4 is 74.0 Å². The van der Waals surface area contributed by atoms with Crippen molar-refractivity contribution in [2.75, 3.05) is 13.2 Å². The fourth-order valence-electron chi connectivity index (χ4n) is 2.33. The van der Waals surface area contributed by atoms with Crippen molar-refractivity contribution < 1.29 is 19.1 Å². The second kappa shape index (κ2) is 7.77. The molecule has 0 radical (unpaired) electrons. The first-order valence-electron chi connectivity index (χ1n) is 7.57. The molecule has 0 aliphatic rings. The minimum absolute atomic E-state index is 0.286. The molecule has 0 fully saturated rings.